The SMILES string of the molecule is COc1ccc(C2(C(C)N)CC2)cn1. The molecule has 1 aliphatic carbocycles. The van der Waals surface area contributed by atoms with Gasteiger partial charge in [-0.05, 0) is 25.3 Å². The Morgan fingerprint density at radius 3 is 2.57 bits per heavy atom. The van der Waals surface area contributed by atoms with Crippen molar-refractivity contribution >= 4 is 0 Å². The zero-order valence-corrected chi connectivity index (χ0v) is 8.66. The van der Waals surface area contributed by atoms with E-state index in [-0.39, 0.29) is 11.5 Å². The topological polar surface area (TPSA) is 48.1 Å². The van der Waals surface area contributed by atoms with Gasteiger partial charge in [0.2, 0.25) is 5.88 Å². The summed E-state index contributed by atoms with van der Waals surface area (Å²) >= 11 is 0. The Bertz CT molecular complexity index is 315. The van der Waals surface area contributed by atoms with E-state index in [0.717, 1.165) is 0 Å². The number of rotatable bonds is 3. The maximum atomic E-state index is 5.98. The summed E-state index contributed by atoms with van der Waals surface area (Å²) in [6.45, 7) is 2.07. The van der Waals surface area contributed by atoms with E-state index in [1.54, 1.807) is 7.11 Å². The lowest BCUT2D eigenvalue weighted by atomic mass is 9.91. The molecule has 3 nitrogen and oxygen atoms in total. The van der Waals surface area contributed by atoms with E-state index >= 15 is 0 Å². The molecule has 0 saturated heterocycles. The highest BCUT2D eigenvalue weighted by atomic mass is 16.5. The summed E-state index contributed by atoms with van der Waals surface area (Å²) in [5.74, 6) is 0.661. The van der Waals surface area contributed by atoms with E-state index in [0.29, 0.717) is 5.88 Å². The van der Waals surface area contributed by atoms with Crippen molar-refractivity contribution < 1.29 is 4.74 Å². The van der Waals surface area contributed by atoms with Crippen LogP contribution in [0.2, 0.25) is 0 Å². The predicted molar refractivity (Wildman–Crippen MR) is 55.4 cm³/mol. The molecule has 0 bridgehead atoms. The predicted octanol–water partition coefficient (Wildman–Crippen LogP) is 1.47. The summed E-state index contributed by atoms with van der Waals surface area (Å²) in [5.41, 5.74) is 7.41. The van der Waals surface area contributed by atoms with Crippen molar-refractivity contribution in [1.82, 2.24) is 4.98 Å². The van der Waals surface area contributed by atoms with Gasteiger partial charge in [0.1, 0.15) is 0 Å². The van der Waals surface area contributed by atoms with Gasteiger partial charge in [0, 0.05) is 23.7 Å². The third-order valence-electron chi connectivity index (χ3n) is 3.18. The Hall–Kier alpha value is -1.09. The molecule has 1 aromatic rings. The highest BCUT2D eigenvalue weighted by Crippen LogP contribution is 2.50. The van der Waals surface area contributed by atoms with Gasteiger partial charge in [0.05, 0.1) is 7.11 Å². The van der Waals surface area contributed by atoms with Crippen LogP contribution < -0.4 is 10.5 Å². The molecule has 3 heteroatoms. The van der Waals surface area contributed by atoms with Crippen LogP contribution in [0.1, 0.15) is 25.3 Å². The first kappa shape index (κ1) is 9.46. The van der Waals surface area contributed by atoms with Crippen molar-refractivity contribution in [1.29, 1.82) is 0 Å². The lowest BCUT2D eigenvalue weighted by Gasteiger charge is -2.19. The van der Waals surface area contributed by atoms with E-state index in [2.05, 4.69) is 18.0 Å². The minimum Gasteiger partial charge on any atom is -0.481 e. The second-order valence-electron chi connectivity index (χ2n) is 4.03. The molecule has 1 fully saturated rings. The number of aromatic nitrogens is 1. The molecule has 0 aromatic carbocycles. The van der Waals surface area contributed by atoms with Crippen LogP contribution in [0.4, 0.5) is 0 Å². The molecule has 1 atom stereocenters. The van der Waals surface area contributed by atoms with Crippen LogP contribution in [-0.2, 0) is 5.41 Å². The van der Waals surface area contributed by atoms with Crippen LogP contribution in [0.3, 0.4) is 0 Å². The third kappa shape index (κ3) is 1.38. The van der Waals surface area contributed by atoms with Crippen molar-refractivity contribution in [3.63, 3.8) is 0 Å². The van der Waals surface area contributed by atoms with Crippen LogP contribution in [0.25, 0.3) is 0 Å². The number of ether oxygens (including phenoxy) is 1. The Kier molecular flexibility index (Phi) is 2.19. The van der Waals surface area contributed by atoms with E-state index in [1.807, 2.05) is 12.3 Å². The quantitative estimate of drug-likeness (QED) is 0.789. The number of hydrogen-bond donors (Lipinski definition) is 1. The number of pyridine rings is 1. The molecule has 0 radical (unpaired) electrons. The number of nitrogens with zero attached hydrogens (tertiary/aromatic N) is 1. The molecule has 0 amide bonds. The van der Waals surface area contributed by atoms with E-state index in [1.165, 1.54) is 18.4 Å². The zero-order valence-electron chi connectivity index (χ0n) is 8.66. The Morgan fingerprint density at radius 1 is 1.50 bits per heavy atom. The van der Waals surface area contributed by atoms with E-state index < -0.39 is 0 Å². The molecule has 14 heavy (non-hydrogen) atoms. The normalized spacial score (nSPS) is 20.2. The Morgan fingerprint density at radius 2 is 2.21 bits per heavy atom. The van der Waals surface area contributed by atoms with Crippen LogP contribution in [0.15, 0.2) is 18.3 Å². The summed E-state index contributed by atoms with van der Waals surface area (Å²) < 4.78 is 5.02. The van der Waals surface area contributed by atoms with Crippen molar-refractivity contribution in [3.8, 4) is 5.88 Å². The first-order valence-corrected chi connectivity index (χ1v) is 4.95. The molecule has 1 aromatic heterocycles. The average Bonchev–Trinajstić information content (AvgIpc) is 2.99. The molecular formula is C11H16N2O. The maximum absolute atomic E-state index is 5.98. The maximum Gasteiger partial charge on any atom is 0.212 e. The van der Waals surface area contributed by atoms with Gasteiger partial charge in [-0.3, -0.25) is 0 Å². The molecule has 0 spiro atoms. The zero-order chi connectivity index (χ0) is 10.2. The fraction of sp³-hybridized carbons (Fsp3) is 0.545. The molecule has 1 unspecified atom stereocenters. The summed E-state index contributed by atoms with van der Waals surface area (Å²) in [6, 6.07) is 4.18. The largest absolute Gasteiger partial charge is 0.481 e. The van der Waals surface area contributed by atoms with Crippen molar-refractivity contribution in [2.75, 3.05) is 7.11 Å². The summed E-state index contributed by atoms with van der Waals surface area (Å²) in [7, 11) is 1.63. The summed E-state index contributed by atoms with van der Waals surface area (Å²) in [4.78, 5) is 4.21. The molecule has 2 N–H and O–H groups in total. The fourth-order valence-electron chi connectivity index (χ4n) is 1.94. The molecule has 1 aliphatic rings. The van der Waals surface area contributed by atoms with Crippen molar-refractivity contribution in [2.45, 2.75) is 31.2 Å². The number of nitrogens with two attached hydrogens (primary N) is 1. The first-order chi connectivity index (χ1) is 6.69. The highest BCUT2D eigenvalue weighted by molar-refractivity contribution is 5.33. The molecule has 0 aliphatic heterocycles. The third-order valence-corrected chi connectivity index (χ3v) is 3.18. The van der Waals surface area contributed by atoms with E-state index in [9.17, 15) is 0 Å². The van der Waals surface area contributed by atoms with Crippen LogP contribution in [0.5, 0.6) is 5.88 Å². The fourth-order valence-corrected chi connectivity index (χ4v) is 1.94. The molecule has 2 rings (SSSR count). The standard InChI is InChI=1S/C11H16N2O/c1-8(12)11(5-6-11)9-3-4-10(14-2)13-7-9/h3-4,7-8H,5-6,12H2,1-2H3. The van der Waals surface area contributed by atoms with Crippen LogP contribution in [0, 0.1) is 0 Å². The van der Waals surface area contributed by atoms with E-state index in [4.69, 9.17) is 10.5 Å². The molecule has 1 heterocycles. The van der Waals surface area contributed by atoms with Gasteiger partial charge in [-0.25, -0.2) is 4.98 Å². The van der Waals surface area contributed by atoms with Gasteiger partial charge in [0.15, 0.2) is 0 Å². The second kappa shape index (κ2) is 3.24. The van der Waals surface area contributed by atoms with Crippen molar-refractivity contribution in [3.05, 3.63) is 23.9 Å². The van der Waals surface area contributed by atoms with Gasteiger partial charge in [-0.15, -0.1) is 0 Å². The molecule has 1 saturated carbocycles. The first-order valence-electron chi connectivity index (χ1n) is 4.95. The second-order valence-corrected chi connectivity index (χ2v) is 4.03. The minimum atomic E-state index is 0.194. The number of methoxy groups -OCH3 is 1. The van der Waals surface area contributed by atoms with Crippen molar-refractivity contribution in [2.24, 2.45) is 5.73 Å². The van der Waals surface area contributed by atoms with Gasteiger partial charge >= 0.3 is 0 Å². The van der Waals surface area contributed by atoms with Crippen LogP contribution >= 0.6 is 0 Å². The lowest BCUT2D eigenvalue weighted by molar-refractivity contribution is 0.397. The Labute approximate surface area is 84.3 Å². The lowest BCUT2D eigenvalue weighted by Crippen LogP contribution is -2.31. The average molecular weight is 192 g/mol. The van der Waals surface area contributed by atoms with Gasteiger partial charge in [-0.1, -0.05) is 6.07 Å². The Balaban J connectivity index is 2.25. The highest BCUT2D eigenvalue weighted by Gasteiger charge is 2.47. The van der Waals surface area contributed by atoms with Crippen LogP contribution in [-0.4, -0.2) is 18.1 Å². The number of hydrogen-bond acceptors (Lipinski definition) is 3. The van der Waals surface area contributed by atoms with Gasteiger partial charge in [-0.2, -0.15) is 0 Å². The molecule has 76 valence electrons. The van der Waals surface area contributed by atoms with Gasteiger partial charge < -0.3 is 10.5 Å². The smallest absolute Gasteiger partial charge is 0.212 e. The monoisotopic (exact) mass is 192 g/mol. The van der Waals surface area contributed by atoms with Gasteiger partial charge in [0.25, 0.3) is 0 Å². The summed E-state index contributed by atoms with van der Waals surface area (Å²) in [5, 5.41) is 0. The summed E-state index contributed by atoms with van der Waals surface area (Å²) in [6.07, 6.45) is 4.24. The molecular weight excluding hydrogens is 176 g/mol. The minimum absolute atomic E-state index is 0.194.